The van der Waals surface area contributed by atoms with Crippen LogP contribution in [0.5, 0.6) is 0 Å². The smallest absolute Gasteiger partial charge is 0.211 e. The quantitative estimate of drug-likeness (QED) is 0.665. The second kappa shape index (κ2) is 4.93. The van der Waals surface area contributed by atoms with Gasteiger partial charge in [0.25, 0.3) is 0 Å². The maximum absolute atomic E-state index is 11.3. The SMILES string of the molecule is CCC(CC)(CN)NS(=O)(=O)CC. The molecule has 0 aromatic rings. The first-order chi connectivity index (χ1) is 5.95. The van der Waals surface area contributed by atoms with Gasteiger partial charge >= 0.3 is 0 Å². The van der Waals surface area contributed by atoms with Gasteiger partial charge < -0.3 is 5.73 Å². The molecule has 13 heavy (non-hydrogen) atoms. The van der Waals surface area contributed by atoms with E-state index in [9.17, 15) is 8.42 Å². The average molecular weight is 208 g/mol. The number of nitrogens with two attached hydrogens (primary N) is 1. The molecular formula is C8H20N2O2S. The maximum atomic E-state index is 11.3. The van der Waals surface area contributed by atoms with Crippen LogP contribution < -0.4 is 10.5 Å². The number of rotatable bonds is 6. The minimum absolute atomic E-state index is 0.106. The molecule has 0 saturated carbocycles. The third-order valence-electron chi connectivity index (χ3n) is 2.50. The van der Waals surface area contributed by atoms with Gasteiger partial charge in [-0.3, -0.25) is 0 Å². The third-order valence-corrected chi connectivity index (χ3v) is 4.00. The zero-order chi connectivity index (χ0) is 10.5. The van der Waals surface area contributed by atoms with E-state index in [-0.39, 0.29) is 5.75 Å². The molecule has 5 heteroatoms. The Morgan fingerprint density at radius 1 is 1.23 bits per heavy atom. The number of hydrogen-bond donors (Lipinski definition) is 2. The van der Waals surface area contributed by atoms with E-state index in [4.69, 9.17) is 5.73 Å². The van der Waals surface area contributed by atoms with Gasteiger partial charge in [0.1, 0.15) is 0 Å². The Hall–Kier alpha value is -0.130. The molecule has 0 aliphatic carbocycles. The third kappa shape index (κ3) is 3.62. The molecule has 4 nitrogen and oxygen atoms in total. The molecule has 80 valence electrons. The molecule has 3 N–H and O–H groups in total. The molecule has 0 heterocycles. The van der Waals surface area contributed by atoms with Crippen LogP contribution in [0.25, 0.3) is 0 Å². The highest BCUT2D eigenvalue weighted by Crippen LogP contribution is 2.14. The van der Waals surface area contributed by atoms with Crippen molar-refractivity contribution in [1.29, 1.82) is 0 Å². The van der Waals surface area contributed by atoms with Crippen LogP contribution in [0.3, 0.4) is 0 Å². The van der Waals surface area contributed by atoms with Gasteiger partial charge in [0.2, 0.25) is 10.0 Å². The predicted octanol–water partition coefficient (Wildman–Crippen LogP) is 0.443. The van der Waals surface area contributed by atoms with E-state index in [0.29, 0.717) is 6.54 Å². The topological polar surface area (TPSA) is 72.2 Å². The molecule has 0 bridgehead atoms. The van der Waals surface area contributed by atoms with Crippen LogP contribution in [-0.2, 0) is 10.0 Å². The highest BCUT2D eigenvalue weighted by molar-refractivity contribution is 7.89. The predicted molar refractivity (Wildman–Crippen MR) is 55.0 cm³/mol. The Bertz CT molecular complexity index is 224. The van der Waals surface area contributed by atoms with Gasteiger partial charge in [-0.2, -0.15) is 0 Å². The molecule has 0 radical (unpaired) electrons. The lowest BCUT2D eigenvalue weighted by molar-refractivity contribution is 0.363. The van der Waals surface area contributed by atoms with E-state index < -0.39 is 15.6 Å². The van der Waals surface area contributed by atoms with Gasteiger partial charge in [-0.25, -0.2) is 13.1 Å². The molecule has 0 aromatic heterocycles. The van der Waals surface area contributed by atoms with Gasteiger partial charge in [-0.15, -0.1) is 0 Å². The fraction of sp³-hybridized carbons (Fsp3) is 1.00. The second-order valence-corrected chi connectivity index (χ2v) is 5.21. The van der Waals surface area contributed by atoms with Crippen LogP contribution >= 0.6 is 0 Å². The van der Waals surface area contributed by atoms with E-state index in [2.05, 4.69) is 4.72 Å². The summed E-state index contributed by atoms with van der Waals surface area (Å²) in [7, 11) is -3.14. The second-order valence-electron chi connectivity index (χ2n) is 3.20. The fourth-order valence-electron chi connectivity index (χ4n) is 1.13. The number of nitrogens with one attached hydrogen (secondary N) is 1. The standard InChI is InChI=1S/C8H20N2O2S/c1-4-8(5-2,7-9)10-13(11,12)6-3/h10H,4-7,9H2,1-3H3. The van der Waals surface area contributed by atoms with Gasteiger partial charge in [-0.05, 0) is 19.8 Å². The first-order valence-corrected chi connectivity index (χ1v) is 6.32. The lowest BCUT2D eigenvalue weighted by Gasteiger charge is -2.30. The van der Waals surface area contributed by atoms with Crippen molar-refractivity contribution in [3.05, 3.63) is 0 Å². The van der Waals surface area contributed by atoms with Crippen LogP contribution in [0, 0.1) is 0 Å². The molecular weight excluding hydrogens is 188 g/mol. The molecule has 0 fully saturated rings. The molecule has 0 atom stereocenters. The zero-order valence-electron chi connectivity index (χ0n) is 8.63. The summed E-state index contributed by atoms with van der Waals surface area (Å²) in [5, 5.41) is 0. The van der Waals surface area contributed by atoms with E-state index in [1.165, 1.54) is 0 Å². The van der Waals surface area contributed by atoms with Gasteiger partial charge in [0.15, 0.2) is 0 Å². The Labute approximate surface area is 80.9 Å². The average Bonchev–Trinajstić information content (AvgIpc) is 2.14. The first-order valence-electron chi connectivity index (χ1n) is 4.67. The Morgan fingerprint density at radius 3 is 1.92 bits per heavy atom. The Kier molecular flexibility index (Phi) is 4.88. The minimum Gasteiger partial charge on any atom is -0.329 e. The summed E-state index contributed by atoms with van der Waals surface area (Å²) in [5.74, 6) is 0.106. The normalized spacial score (nSPS) is 13.2. The van der Waals surface area contributed by atoms with Crippen molar-refractivity contribution in [2.24, 2.45) is 5.73 Å². The van der Waals surface area contributed by atoms with Crippen molar-refractivity contribution in [2.75, 3.05) is 12.3 Å². The molecule has 0 rings (SSSR count). The van der Waals surface area contributed by atoms with Gasteiger partial charge in [0.05, 0.1) is 5.75 Å². The van der Waals surface area contributed by atoms with Crippen LogP contribution in [0.1, 0.15) is 33.6 Å². The molecule has 0 amide bonds. The highest BCUT2D eigenvalue weighted by Gasteiger charge is 2.28. The van der Waals surface area contributed by atoms with Crippen molar-refractivity contribution < 1.29 is 8.42 Å². The number of hydrogen-bond acceptors (Lipinski definition) is 3. The molecule has 0 unspecified atom stereocenters. The van der Waals surface area contributed by atoms with Crippen LogP contribution in [0.2, 0.25) is 0 Å². The fourth-order valence-corrected chi connectivity index (χ4v) is 2.30. The Morgan fingerprint density at radius 2 is 1.69 bits per heavy atom. The van der Waals surface area contributed by atoms with Crippen LogP contribution in [0.4, 0.5) is 0 Å². The summed E-state index contributed by atoms with van der Waals surface area (Å²) in [6.45, 7) is 5.84. The maximum Gasteiger partial charge on any atom is 0.211 e. The van der Waals surface area contributed by atoms with Gasteiger partial charge in [0, 0.05) is 12.1 Å². The van der Waals surface area contributed by atoms with Gasteiger partial charge in [-0.1, -0.05) is 13.8 Å². The van der Waals surface area contributed by atoms with Crippen molar-refractivity contribution in [1.82, 2.24) is 4.72 Å². The lowest BCUT2D eigenvalue weighted by Crippen LogP contribution is -2.53. The summed E-state index contributed by atoms with van der Waals surface area (Å²) in [4.78, 5) is 0. The van der Waals surface area contributed by atoms with E-state index in [1.807, 2.05) is 13.8 Å². The van der Waals surface area contributed by atoms with Crippen LogP contribution in [-0.4, -0.2) is 26.3 Å². The molecule has 0 aliphatic heterocycles. The van der Waals surface area contributed by atoms with E-state index >= 15 is 0 Å². The molecule has 0 spiro atoms. The van der Waals surface area contributed by atoms with E-state index in [1.54, 1.807) is 6.92 Å². The van der Waals surface area contributed by atoms with Crippen molar-refractivity contribution in [3.8, 4) is 0 Å². The Balaban J connectivity index is 4.61. The summed E-state index contributed by atoms with van der Waals surface area (Å²) in [5.41, 5.74) is 5.11. The van der Waals surface area contributed by atoms with E-state index in [0.717, 1.165) is 12.8 Å². The summed E-state index contributed by atoms with van der Waals surface area (Å²) < 4.78 is 25.3. The molecule has 0 saturated heterocycles. The molecule has 0 aliphatic rings. The largest absolute Gasteiger partial charge is 0.329 e. The number of sulfonamides is 1. The minimum atomic E-state index is -3.14. The molecule has 0 aromatic carbocycles. The first kappa shape index (κ1) is 12.9. The summed E-state index contributed by atoms with van der Waals surface area (Å²) >= 11 is 0. The monoisotopic (exact) mass is 208 g/mol. The highest BCUT2D eigenvalue weighted by atomic mass is 32.2. The van der Waals surface area contributed by atoms with Crippen LogP contribution in [0.15, 0.2) is 0 Å². The van der Waals surface area contributed by atoms with Crippen molar-refractivity contribution in [2.45, 2.75) is 39.2 Å². The summed E-state index contributed by atoms with van der Waals surface area (Å²) in [6.07, 6.45) is 1.44. The van der Waals surface area contributed by atoms with Crippen molar-refractivity contribution in [3.63, 3.8) is 0 Å². The van der Waals surface area contributed by atoms with Crippen molar-refractivity contribution >= 4 is 10.0 Å². The lowest BCUT2D eigenvalue weighted by atomic mass is 9.95. The zero-order valence-corrected chi connectivity index (χ0v) is 9.45. The summed E-state index contributed by atoms with van der Waals surface area (Å²) in [6, 6.07) is 0.